The summed E-state index contributed by atoms with van der Waals surface area (Å²) in [6.07, 6.45) is 2.17. The highest BCUT2D eigenvalue weighted by Gasteiger charge is 2.38. The van der Waals surface area contributed by atoms with Crippen molar-refractivity contribution in [3.8, 4) is 0 Å². The number of rotatable bonds is 6. The van der Waals surface area contributed by atoms with E-state index < -0.39 is 15.9 Å². The number of nitrogens with zero attached hydrogens (tertiary/aromatic N) is 2. The molecule has 0 bridgehead atoms. The van der Waals surface area contributed by atoms with Gasteiger partial charge in [-0.1, -0.05) is 52.7 Å². The molecule has 2 heterocycles. The Labute approximate surface area is 209 Å². The van der Waals surface area contributed by atoms with Crippen molar-refractivity contribution in [2.24, 2.45) is 5.92 Å². The number of carbonyl (C=O) groups is 2. The monoisotopic (exact) mass is 547 g/mol. The van der Waals surface area contributed by atoms with Crippen LogP contribution >= 0.6 is 15.9 Å². The number of benzene rings is 2. The second-order valence-electron chi connectivity index (χ2n) is 8.97. The molecule has 0 radical (unpaired) electrons. The number of aryl methyl sites for hydroxylation is 1. The van der Waals surface area contributed by atoms with Crippen molar-refractivity contribution in [2.75, 3.05) is 24.5 Å². The van der Waals surface area contributed by atoms with Crippen LogP contribution in [0.2, 0.25) is 0 Å². The van der Waals surface area contributed by atoms with Crippen LogP contribution in [0.15, 0.2) is 45.8 Å². The van der Waals surface area contributed by atoms with Crippen molar-refractivity contribution in [1.82, 2.24) is 9.62 Å². The second kappa shape index (κ2) is 10.2. The van der Waals surface area contributed by atoms with Gasteiger partial charge in [-0.05, 0) is 49.4 Å². The summed E-state index contributed by atoms with van der Waals surface area (Å²) in [6.45, 7) is 5.16. The third kappa shape index (κ3) is 5.06. The van der Waals surface area contributed by atoms with Crippen molar-refractivity contribution < 1.29 is 18.0 Å². The number of anilines is 1. The first-order valence-corrected chi connectivity index (χ1v) is 13.9. The first-order chi connectivity index (χ1) is 16.2. The fourth-order valence-corrected chi connectivity index (χ4v) is 7.10. The Morgan fingerprint density at radius 1 is 1.15 bits per heavy atom. The van der Waals surface area contributed by atoms with Gasteiger partial charge < -0.3 is 10.2 Å². The highest BCUT2D eigenvalue weighted by Crippen LogP contribution is 2.39. The van der Waals surface area contributed by atoms with E-state index in [1.807, 2.05) is 37.3 Å². The molecule has 2 aromatic rings. The quantitative estimate of drug-likeness (QED) is 0.596. The van der Waals surface area contributed by atoms with Crippen LogP contribution in [-0.4, -0.2) is 44.2 Å². The zero-order chi connectivity index (χ0) is 24.5. The van der Waals surface area contributed by atoms with Gasteiger partial charge in [0, 0.05) is 37.1 Å². The summed E-state index contributed by atoms with van der Waals surface area (Å²) in [5.41, 5.74) is 3.49. The van der Waals surface area contributed by atoms with Crippen LogP contribution in [0, 0.1) is 12.8 Å². The fraction of sp³-hybridized carbons (Fsp3) is 0.440. The molecule has 9 heteroatoms. The maximum atomic E-state index is 13.8. The molecule has 1 fully saturated rings. The predicted molar refractivity (Wildman–Crippen MR) is 135 cm³/mol. The van der Waals surface area contributed by atoms with Crippen molar-refractivity contribution in [3.05, 3.63) is 57.6 Å². The van der Waals surface area contributed by atoms with E-state index in [1.54, 1.807) is 17.9 Å². The van der Waals surface area contributed by atoms with Gasteiger partial charge >= 0.3 is 0 Å². The molecule has 0 aromatic heterocycles. The number of hydrogen-bond donors (Lipinski definition) is 1. The average molecular weight is 549 g/mol. The van der Waals surface area contributed by atoms with Gasteiger partial charge in [0.05, 0.1) is 11.6 Å². The lowest BCUT2D eigenvalue weighted by molar-refractivity contribution is -0.126. The Morgan fingerprint density at radius 3 is 2.59 bits per heavy atom. The summed E-state index contributed by atoms with van der Waals surface area (Å²) in [5.74, 6) is -0.644. The maximum Gasteiger partial charge on any atom is 0.245 e. The minimum atomic E-state index is -3.89. The first kappa shape index (κ1) is 24.9. The van der Waals surface area contributed by atoms with Crippen LogP contribution in [0.1, 0.15) is 42.9 Å². The maximum absolute atomic E-state index is 13.8. The Hall–Kier alpha value is -2.23. The largest absolute Gasteiger partial charge is 0.352 e. The molecule has 1 N–H and O–H groups in total. The van der Waals surface area contributed by atoms with E-state index in [1.165, 1.54) is 4.31 Å². The summed E-state index contributed by atoms with van der Waals surface area (Å²) in [7, 11) is -3.89. The number of piperidine rings is 1. The van der Waals surface area contributed by atoms with E-state index in [0.717, 1.165) is 16.7 Å². The number of halogens is 1. The normalized spacial score (nSPS) is 18.6. The van der Waals surface area contributed by atoms with Gasteiger partial charge in [-0.15, -0.1) is 0 Å². The molecule has 1 atom stereocenters. The lowest BCUT2D eigenvalue weighted by atomic mass is 9.98. The zero-order valence-electron chi connectivity index (χ0n) is 19.5. The van der Waals surface area contributed by atoms with Crippen LogP contribution < -0.4 is 10.2 Å². The van der Waals surface area contributed by atoms with Crippen LogP contribution in [0.5, 0.6) is 0 Å². The summed E-state index contributed by atoms with van der Waals surface area (Å²) in [6, 6.07) is 11.4. The van der Waals surface area contributed by atoms with Crippen LogP contribution in [-0.2, 0) is 32.6 Å². The molecule has 2 amide bonds. The molecule has 182 valence electrons. The molecule has 0 aliphatic carbocycles. The molecule has 2 aliphatic rings. The van der Waals surface area contributed by atoms with E-state index in [4.69, 9.17) is 0 Å². The number of fused-ring (bicyclic) bond motifs is 1. The minimum absolute atomic E-state index is 0.0930. The summed E-state index contributed by atoms with van der Waals surface area (Å²) < 4.78 is 29.6. The number of amides is 2. The molecule has 2 aliphatic heterocycles. The SMILES string of the molecule is CCC(=O)N1CCc2cc(Br)cc(S(=O)(=O)N3CCC[C@H](C(=O)NCc4ccc(C)cc4)C3)c21. The third-order valence-corrected chi connectivity index (χ3v) is 8.89. The first-order valence-electron chi connectivity index (χ1n) is 11.7. The average Bonchev–Trinajstić information content (AvgIpc) is 3.26. The van der Waals surface area contributed by atoms with Gasteiger partial charge in [0.25, 0.3) is 0 Å². The van der Waals surface area contributed by atoms with Gasteiger partial charge in [0.2, 0.25) is 21.8 Å². The van der Waals surface area contributed by atoms with E-state index in [2.05, 4.69) is 21.2 Å². The highest BCUT2D eigenvalue weighted by atomic mass is 79.9. The molecule has 1 saturated heterocycles. The summed E-state index contributed by atoms with van der Waals surface area (Å²) in [4.78, 5) is 27.1. The standard InChI is InChI=1S/C25H30BrN3O4S/c1-3-23(30)29-12-10-19-13-21(26)14-22(24(19)29)34(32,33)28-11-4-5-20(16-28)25(31)27-15-18-8-6-17(2)7-9-18/h6-9,13-14,20H,3-5,10-12,15-16H2,1-2H3,(H,27,31)/t20-/m0/s1. The molecule has 0 unspecified atom stereocenters. The Morgan fingerprint density at radius 2 is 1.88 bits per heavy atom. The van der Waals surface area contributed by atoms with Crippen molar-refractivity contribution in [3.63, 3.8) is 0 Å². The molecule has 0 saturated carbocycles. The summed E-state index contributed by atoms with van der Waals surface area (Å²) in [5, 5.41) is 2.96. The van der Waals surface area contributed by atoms with Crippen molar-refractivity contribution >= 4 is 43.5 Å². The van der Waals surface area contributed by atoms with E-state index in [0.29, 0.717) is 55.5 Å². The molecule has 0 spiro atoms. The Kier molecular flexibility index (Phi) is 7.45. The lowest BCUT2D eigenvalue weighted by Gasteiger charge is -2.32. The smallest absolute Gasteiger partial charge is 0.245 e. The van der Waals surface area contributed by atoms with Gasteiger partial charge in [-0.25, -0.2) is 8.42 Å². The number of nitrogens with one attached hydrogen (secondary N) is 1. The van der Waals surface area contributed by atoms with E-state index in [-0.39, 0.29) is 23.3 Å². The Balaban J connectivity index is 1.53. The van der Waals surface area contributed by atoms with E-state index >= 15 is 0 Å². The van der Waals surface area contributed by atoms with E-state index in [9.17, 15) is 18.0 Å². The molecule has 2 aromatic carbocycles. The number of carbonyl (C=O) groups excluding carboxylic acids is 2. The van der Waals surface area contributed by atoms with Gasteiger partial charge in [0.15, 0.2) is 0 Å². The van der Waals surface area contributed by atoms with Gasteiger partial charge in [-0.2, -0.15) is 4.31 Å². The molecule has 7 nitrogen and oxygen atoms in total. The third-order valence-electron chi connectivity index (χ3n) is 6.56. The van der Waals surface area contributed by atoms with Crippen LogP contribution in [0.3, 0.4) is 0 Å². The predicted octanol–water partition coefficient (Wildman–Crippen LogP) is 3.77. The molecule has 4 rings (SSSR count). The minimum Gasteiger partial charge on any atom is -0.352 e. The lowest BCUT2D eigenvalue weighted by Crippen LogP contribution is -2.45. The zero-order valence-corrected chi connectivity index (χ0v) is 21.9. The van der Waals surface area contributed by atoms with Gasteiger partial charge in [-0.3, -0.25) is 9.59 Å². The Bertz CT molecular complexity index is 1200. The highest BCUT2D eigenvalue weighted by molar-refractivity contribution is 9.10. The topological polar surface area (TPSA) is 86.8 Å². The van der Waals surface area contributed by atoms with Gasteiger partial charge in [0.1, 0.15) is 4.90 Å². The summed E-state index contributed by atoms with van der Waals surface area (Å²) >= 11 is 3.44. The molecule has 34 heavy (non-hydrogen) atoms. The number of hydrogen-bond acceptors (Lipinski definition) is 4. The van der Waals surface area contributed by atoms with Crippen LogP contribution in [0.4, 0.5) is 5.69 Å². The molecular weight excluding hydrogens is 518 g/mol. The number of sulfonamides is 1. The van der Waals surface area contributed by atoms with Crippen molar-refractivity contribution in [1.29, 1.82) is 0 Å². The fourth-order valence-electron chi connectivity index (χ4n) is 4.66. The van der Waals surface area contributed by atoms with Crippen molar-refractivity contribution in [2.45, 2.75) is 51.0 Å². The molecular formula is C25H30BrN3O4S. The second-order valence-corrected chi connectivity index (χ2v) is 11.8. The van der Waals surface area contributed by atoms with Crippen LogP contribution in [0.25, 0.3) is 0 Å².